The molecule has 2 aromatic heterocycles. The molecule has 0 spiro atoms. The number of benzene rings is 1. The maximum atomic E-state index is 11.9. The van der Waals surface area contributed by atoms with Gasteiger partial charge in [-0.2, -0.15) is 5.10 Å². The summed E-state index contributed by atoms with van der Waals surface area (Å²) in [5, 5.41) is 11.5. The van der Waals surface area contributed by atoms with Crippen LogP contribution in [-0.4, -0.2) is 29.8 Å². The molecule has 1 aliphatic carbocycles. The molecular weight excluding hydrogens is 334 g/mol. The zero-order valence-electron chi connectivity index (χ0n) is 14.0. The number of thiophene rings is 1. The third kappa shape index (κ3) is 3.23. The molecule has 1 aromatic carbocycles. The van der Waals surface area contributed by atoms with Gasteiger partial charge in [0, 0.05) is 23.1 Å². The fourth-order valence-electron chi connectivity index (χ4n) is 3.02. The van der Waals surface area contributed by atoms with Crippen molar-refractivity contribution in [3.8, 4) is 10.6 Å². The Balaban J connectivity index is 1.66. The summed E-state index contributed by atoms with van der Waals surface area (Å²) in [4.78, 5) is 14.4. The minimum absolute atomic E-state index is 0.0528. The summed E-state index contributed by atoms with van der Waals surface area (Å²) in [6.07, 6.45) is 6.95. The molecule has 0 atom stereocenters. The molecule has 0 saturated heterocycles. The van der Waals surface area contributed by atoms with Crippen LogP contribution < -0.4 is 5.32 Å². The number of nitrogens with one attached hydrogen (secondary N) is 2. The van der Waals surface area contributed by atoms with Crippen molar-refractivity contribution in [1.29, 1.82) is 0 Å². The Morgan fingerprint density at radius 2 is 2.32 bits per heavy atom. The first-order chi connectivity index (χ1) is 12.2. The Bertz CT molecular complexity index is 955. The molecule has 4 rings (SSSR count). The number of carbonyl (C=O) groups is 1. The predicted octanol–water partition coefficient (Wildman–Crippen LogP) is 4.23. The number of allylic oxidation sites excluding steroid dienone is 1. The van der Waals surface area contributed by atoms with Crippen LogP contribution in [0.25, 0.3) is 27.6 Å². The van der Waals surface area contributed by atoms with Crippen LogP contribution in [0.5, 0.6) is 0 Å². The summed E-state index contributed by atoms with van der Waals surface area (Å²) < 4.78 is 4.94. The van der Waals surface area contributed by atoms with Crippen molar-refractivity contribution in [2.45, 2.75) is 19.3 Å². The van der Waals surface area contributed by atoms with Gasteiger partial charge in [-0.05, 0) is 48.7 Å². The van der Waals surface area contributed by atoms with E-state index in [4.69, 9.17) is 4.74 Å². The predicted molar refractivity (Wildman–Crippen MR) is 102 cm³/mol. The highest BCUT2D eigenvalue weighted by molar-refractivity contribution is 7.16. The van der Waals surface area contributed by atoms with Crippen LogP contribution in [0.4, 0.5) is 5.69 Å². The number of aromatic amines is 1. The van der Waals surface area contributed by atoms with E-state index >= 15 is 0 Å². The summed E-state index contributed by atoms with van der Waals surface area (Å²) in [5.41, 5.74) is 4.07. The average Bonchev–Trinajstić information content (AvgIpc) is 3.23. The molecule has 0 unspecified atom stereocenters. The lowest BCUT2D eigenvalue weighted by atomic mass is 10.0. The van der Waals surface area contributed by atoms with Crippen LogP contribution in [-0.2, 0) is 16.0 Å². The number of methoxy groups -OCH3 is 1. The second kappa shape index (κ2) is 6.82. The van der Waals surface area contributed by atoms with Crippen LogP contribution in [0.2, 0.25) is 0 Å². The first-order valence-electron chi connectivity index (χ1n) is 8.31. The number of hydrogen-bond acceptors (Lipinski definition) is 4. The standard InChI is InChI=1S/C19H19N3O2S/c1-24-9-8-18(23)20-13-6-7-15-14(11-13)19(22-21-15)17-10-12-4-2-3-5-16(12)25-17/h3,5-7,10-11H,2,4,8-9H2,1H3,(H,20,23)(H,21,22). The summed E-state index contributed by atoms with van der Waals surface area (Å²) in [7, 11) is 1.59. The van der Waals surface area contributed by atoms with E-state index in [1.807, 2.05) is 18.2 Å². The number of aryl methyl sites for hydroxylation is 1. The van der Waals surface area contributed by atoms with E-state index in [1.165, 1.54) is 10.4 Å². The molecule has 6 heteroatoms. The van der Waals surface area contributed by atoms with E-state index in [9.17, 15) is 4.79 Å². The molecule has 2 heterocycles. The van der Waals surface area contributed by atoms with Crippen LogP contribution in [0.15, 0.2) is 30.3 Å². The summed E-state index contributed by atoms with van der Waals surface area (Å²) >= 11 is 1.77. The van der Waals surface area contributed by atoms with E-state index < -0.39 is 0 Å². The molecule has 1 aliphatic rings. The normalized spacial score (nSPS) is 13.2. The number of ether oxygens (including phenoxy) is 1. The number of aromatic nitrogens is 2. The summed E-state index contributed by atoms with van der Waals surface area (Å²) in [6.45, 7) is 0.416. The van der Waals surface area contributed by atoms with Gasteiger partial charge in [-0.3, -0.25) is 9.89 Å². The number of anilines is 1. The molecule has 0 bridgehead atoms. The first kappa shape index (κ1) is 16.1. The number of nitrogens with zero attached hydrogens (tertiary/aromatic N) is 1. The van der Waals surface area contributed by atoms with Gasteiger partial charge in [-0.1, -0.05) is 6.08 Å². The molecule has 0 saturated carbocycles. The lowest BCUT2D eigenvalue weighted by molar-refractivity contribution is -0.117. The molecule has 128 valence electrons. The van der Waals surface area contributed by atoms with Gasteiger partial charge in [0.2, 0.25) is 5.91 Å². The molecular formula is C19H19N3O2S. The molecule has 0 aliphatic heterocycles. The summed E-state index contributed by atoms with van der Waals surface area (Å²) in [6, 6.07) is 8.05. The topological polar surface area (TPSA) is 67.0 Å². The van der Waals surface area contributed by atoms with Gasteiger partial charge in [-0.25, -0.2) is 0 Å². The van der Waals surface area contributed by atoms with Gasteiger partial charge in [0.05, 0.1) is 23.4 Å². The Morgan fingerprint density at radius 1 is 1.40 bits per heavy atom. The fraction of sp³-hybridized carbons (Fsp3) is 0.263. The van der Waals surface area contributed by atoms with E-state index in [0.717, 1.165) is 40.0 Å². The third-order valence-electron chi connectivity index (χ3n) is 4.30. The summed E-state index contributed by atoms with van der Waals surface area (Å²) in [5.74, 6) is -0.0528. The lowest BCUT2D eigenvalue weighted by Crippen LogP contribution is -2.13. The maximum absolute atomic E-state index is 11.9. The lowest BCUT2D eigenvalue weighted by Gasteiger charge is -2.05. The van der Waals surface area contributed by atoms with Crippen LogP contribution >= 0.6 is 11.3 Å². The Kier molecular flexibility index (Phi) is 4.38. The van der Waals surface area contributed by atoms with Crippen LogP contribution in [0.3, 0.4) is 0 Å². The number of hydrogen-bond donors (Lipinski definition) is 2. The van der Waals surface area contributed by atoms with Crippen molar-refractivity contribution in [3.63, 3.8) is 0 Å². The molecule has 25 heavy (non-hydrogen) atoms. The smallest absolute Gasteiger partial charge is 0.226 e. The molecule has 0 fully saturated rings. The average molecular weight is 353 g/mol. The maximum Gasteiger partial charge on any atom is 0.226 e. The van der Waals surface area contributed by atoms with Crippen molar-refractivity contribution in [3.05, 3.63) is 40.8 Å². The first-order valence-corrected chi connectivity index (χ1v) is 9.13. The zero-order valence-corrected chi connectivity index (χ0v) is 14.8. The third-order valence-corrected chi connectivity index (χ3v) is 5.45. The zero-order chi connectivity index (χ0) is 17.2. The van der Waals surface area contributed by atoms with Gasteiger partial charge in [0.25, 0.3) is 0 Å². The number of rotatable bonds is 5. The fourth-order valence-corrected chi connectivity index (χ4v) is 4.17. The monoisotopic (exact) mass is 353 g/mol. The molecule has 5 nitrogen and oxygen atoms in total. The molecule has 3 aromatic rings. The molecule has 0 radical (unpaired) electrons. The van der Waals surface area contributed by atoms with E-state index in [1.54, 1.807) is 18.4 Å². The van der Waals surface area contributed by atoms with Gasteiger partial charge in [-0.15, -0.1) is 11.3 Å². The van der Waals surface area contributed by atoms with Gasteiger partial charge in [0.15, 0.2) is 0 Å². The van der Waals surface area contributed by atoms with Crippen molar-refractivity contribution in [2.75, 3.05) is 19.0 Å². The van der Waals surface area contributed by atoms with Gasteiger partial charge >= 0.3 is 0 Å². The SMILES string of the molecule is COCCC(=O)Nc1ccc2[nH]nc(-c3cc4c(s3)C=CCC4)c2c1. The number of carbonyl (C=O) groups excluding carboxylic acids is 1. The van der Waals surface area contributed by atoms with Crippen molar-refractivity contribution in [2.24, 2.45) is 0 Å². The van der Waals surface area contributed by atoms with Crippen LogP contribution in [0.1, 0.15) is 23.3 Å². The molecule has 2 N–H and O–H groups in total. The highest BCUT2D eigenvalue weighted by atomic mass is 32.1. The quantitative estimate of drug-likeness (QED) is 0.721. The van der Waals surface area contributed by atoms with E-state index in [0.29, 0.717) is 13.0 Å². The second-order valence-electron chi connectivity index (χ2n) is 6.06. The highest BCUT2D eigenvalue weighted by Gasteiger charge is 2.15. The number of amides is 1. The minimum Gasteiger partial charge on any atom is -0.384 e. The Labute approximate surface area is 149 Å². The molecule has 1 amide bonds. The second-order valence-corrected chi connectivity index (χ2v) is 7.15. The highest BCUT2D eigenvalue weighted by Crippen LogP contribution is 2.37. The Morgan fingerprint density at radius 3 is 3.16 bits per heavy atom. The van der Waals surface area contributed by atoms with Gasteiger partial charge < -0.3 is 10.1 Å². The van der Waals surface area contributed by atoms with Crippen molar-refractivity contribution >= 4 is 39.9 Å². The Hall–Kier alpha value is -2.44. The van der Waals surface area contributed by atoms with Crippen molar-refractivity contribution in [1.82, 2.24) is 10.2 Å². The largest absolute Gasteiger partial charge is 0.384 e. The van der Waals surface area contributed by atoms with Gasteiger partial charge in [0.1, 0.15) is 5.69 Å². The van der Waals surface area contributed by atoms with Crippen molar-refractivity contribution < 1.29 is 9.53 Å². The number of H-pyrrole nitrogens is 1. The van der Waals surface area contributed by atoms with E-state index in [-0.39, 0.29) is 5.91 Å². The van der Waals surface area contributed by atoms with Crippen LogP contribution in [0, 0.1) is 0 Å². The van der Waals surface area contributed by atoms with E-state index in [2.05, 4.69) is 33.7 Å². The minimum atomic E-state index is -0.0528. The number of fused-ring (bicyclic) bond motifs is 2.